The summed E-state index contributed by atoms with van der Waals surface area (Å²) in [4.78, 5) is 13.2. The van der Waals surface area contributed by atoms with Gasteiger partial charge >= 0.3 is 0 Å². The maximum Gasteiger partial charge on any atom is 0.220 e. The zero-order valence-corrected chi connectivity index (χ0v) is 62.8. The lowest BCUT2D eigenvalue weighted by Crippen LogP contribution is -2.60. The molecule has 1 saturated heterocycles. The summed E-state index contributed by atoms with van der Waals surface area (Å²) in [6.07, 6.45) is 94.6. The Labute approximate surface area is 584 Å². The molecular formula is C85H163NO8. The fourth-order valence-corrected chi connectivity index (χ4v) is 13.9. The van der Waals surface area contributed by atoms with E-state index < -0.39 is 49.5 Å². The fraction of sp³-hybridized carbons (Fsp3) is 0.918. The van der Waals surface area contributed by atoms with Crippen molar-refractivity contribution >= 4 is 5.91 Å². The molecule has 0 radical (unpaired) electrons. The van der Waals surface area contributed by atoms with Crippen molar-refractivity contribution in [2.75, 3.05) is 13.2 Å². The van der Waals surface area contributed by atoms with Crippen LogP contribution in [0.3, 0.4) is 0 Å². The van der Waals surface area contributed by atoms with E-state index in [9.17, 15) is 30.3 Å². The summed E-state index contributed by atoms with van der Waals surface area (Å²) in [7, 11) is 0. The Morgan fingerprint density at radius 2 is 0.628 bits per heavy atom. The Kier molecular flexibility index (Phi) is 71.3. The number of aliphatic hydroxyl groups excluding tert-OH is 5. The van der Waals surface area contributed by atoms with Gasteiger partial charge in [-0.15, -0.1) is 0 Å². The van der Waals surface area contributed by atoms with Gasteiger partial charge in [0, 0.05) is 6.42 Å². The molecule has 9 heteroatoms. The molecule has 0 aliphatic carbocycles. The molecule has 0 aromatic rings. The predicted octanol–water partition coefficient (Wildman–Crippen LogP) is 24.5. The van der Waals surface area contributed by atoms with E-state index in [0.29, 0.717) is 6.42 Å². The molecule has 1 aliphatic heterocycles. The number of nitrogens with one attached hydrogen (secondary N) is 1. The number of hydrogen-bond acceptors (Lipinski definition) is 8. The molecule has 1 heterocycles. The van der Waals surface area contributed by atoms with Crippen LogP contribution in [0.15, 0.2) is 36.5 Å². The topological polar surface area (TPSA) is 149 Å². The van der Waals surface area contributed by atoms with E-state index in [1.165, 1.54) is 379 Å². The van der Waals surface area contributed by atoms with E-state index in [1.807, 2.05) is 6.08 Å². The van der Waals surface area contributed by atoms with Gasteiger partial charge in [0.2, 0.25) is 5.91 Å². The van der Waals surface area contributed by atoms with Crippen LogP contribution in [0.2, 0.25) is 0 Å². The predicted molar refractivity (Wildman–Crippen MR) is 406 cm³/mol. The summed E-state index contributed by atoms with van der Waals surface area (Å²) in [6.45, 7) is 3.84. The molecule has 94 heavy (non-hydrogen) atoms. The fourth-order valence-electron chi connectivity index (χ4n) is 13.9. The largest absolute Gasteiger partial charge is 0.394 e. The third kappa shape index (κ3) is 61.5. The molecule has 0 bridgehead atoms. The maximum atomic E-state index is 13.2. The summed E-state index contributed by atoms with van der Waals surface area (Å²) in [5.74, 6) is -0.166. The Morgan fingerprint density at radius 3 is 0.915 bits per heavy atom. The lowest BCUT2D eigenvalue weighted by Gasteiger charge is -2.40. The second kappa shape index (κ2) is 74.1. The van der Waals surface area contributed by atoms with Gasteiger partial charge in [0.1, 0.15) is 24.4 Å². The highest BCUT2D eigenvalue weighted by molar-refractivity contribution is 5.76. The number of unbranched alkanes of at least 4 members (excludes halogenated alkanes) is 62. The molecule has 1 fully saturated rings. The lowest BCUT2D eigenvalue weighted by molar-refractivity contribution is -0.302. The normalized spacial score (nSPS) is 17.6. The van der Waals surface area contributed by atoms with Crippen molar-refractivity contribution in [2.24, 2.45) is 0 Å². The summed E-state index contributed by atoms with van der Waals surface area (Å²) in [5.41, 5.74) is 0. The smallest absolute Gasteiger partial charge is 0.220 e. The molecular weight excluding hydrogens is 1160 g/mol. The first-order valence-electron chi connectivity index (χ1n) is 42.2. The van der Waals surface area contributed by atoms with Gasteiger partial charge < -0.3 is 40.3 Å². The third-order valence-electron chi connectivity index (χ3n) is 20.5. The summed E-state index contributed by atoms with van der Waals surface area (Å²) in [6, 6.07) is -0.805. The van der Waals surface area contributed by atoms with E-state index in [0.717, 1.165) is 44.9 Å². The number of ether oxygens (including phenoxy) is 2. The van der Waals surface area contributed by atoms with E-state index in [1.54, 1.807) is 6.08 Å². The van der Waals surface area contributed by atoms with Crippen LogP contribution in [0.25, 0.3) is 0 Å². The van der Waals surface area contributed by atoms with Crippen LogP contribution in [-0.4, -0.2) is 87.5 Å². The van der Waals surface area contributed by atoms with E-state index >= 15 is 0 Å². The van der Waals surface area contributed by atoms with Gasteiger partial charge in [0.25, 0.3) is 0 Å². The van der Waals surface area contributed by atoms with Gasteiger partial charge in [-0.3, -0.25) is 4.79 Å². The number of carbonyl (C=O) groups is 1. The van der Waals surface area contributed by atoms with Crippen LogP contribution in [0.1, 0.15) is 444 Å². The minimum atomic E-state index is -1.57. The zero-order valence-electron chi connectivity index (χ0n) is 62.8. The summed E-state index contributed by atoms with van der Waals surface area (Å²) >= 11 is 0. The highest BCUT2D eigenvalue weighted by Crippen LogP contribution is 2.24. The summed E-state index contributed by atoms with van der Waals surface area (Å²) in [5, 5.41) is 55.0. The number of carbonyl (C=O) groups excluding carboxylic acids is 1. The van der Waals surface area contributed by atoms with E-state index in [-0.39, 0.29) is 12.5 Å². The quantitative estimate of drug-likeness (QED) is 0.0261. The van der Waals surface area contributed by atoms with Gasteiger partial charge in [-0.1, -0.05) is 423 Å². The first-order chi connectivity index (χ1) is 46.3. The zero-order chi connectivity index (χ0) is 67.8. The van der Waals surface area contributed by atoms with Crippen LogP contribution in [0.4, 0.5) is 0 Å². The van der Waals surface area contributed by atoms with Gasteiger partial charge in [-0.2, -0.15) is 0 Å². The molecule has 7 atom stereocenters. The van der Waals surface area contributed by atoms with Crippen molar-refractivity contribution in [3.8, 4) is 0 Å². The number of aliphatic hydroxyl groups is 5. The Hall–Kier alpha value is -1.59. The number of hydrogen-bond donors (Lipinski definition) is 6. The maximum absolute atomic E-state index is 13.2. The molecule has 9 nitrogen and oxygen atoms in total. The molecule has 0 aromatic heterocycles. The van der Waals surface area contributed by atoms with E-state index in [4.69, 9.17) is 9.47 Å². The van der Waals surface area contributed by atoms with Gasteiger partial charge in [0.15, 0.2) is 6.29 Å². The molecule has 6 N–H and O–H groups in total. The Bertz CT molecular complexity index is 1590. The molecule has 556 valence electrons. The highest BCUT2D eigenvalue weighted by atomic mass is 16.7. The average Bonchev–Trinajstić information content (AvgIpc) is 0.829. The number of rotatable bonds is 76. The molecule has 1 rings (SSSR count). The first-order valence-corrected chi connectivity index (χ1v) is 42.2. The molecule has 7 unspecified atom stereocenters. The molecule has 0 spiro atoms. The highest BCUT2D eigenvalue weighted by Gasteiger charge is 2.44. The Balaban J connectivity index is 2.03. The van der Waals surface area contributed by atoms with Crippen LogP contribution in [0, 0.1) is 0 Å². The van der Waals surface area contributed by atoms with Crippen LogP contribution < -0.4 is 5.32 Å². The Morgan fingerprint density at radius 1 is 0.362 bits per heavy atom. The number of allylic oxidation sites excluding steroid dienone is 5. The van der Waals surface area contributed by atoms with Crippen molar-refractivity contribution in [1.82, 2.24) is 5.32 Å². The summed E-state index contributed by atoms with van der Waals surface area (Å²) < 4.78 is 11.4. The molecule has 0 saturated carbocycles. The second-order valence-electron chi connectivity index (χ2n) is 29.6. The van der Waals surface area contributed by atoms with Gasteiger partial charge in [0.05, 0.1) is 25.4 Å². The van der Waals surface area contributed by atoms with Gasteiger partial charge in [-0.25, -0.2) is 0 Å². The van der Waals surface area contributed by atoms with Crippen molar-refractivity contribution in [3.63, 3.8) is 0 Å². The standard InChI is InChI=1S/C85H163NO8/c1-3-5-7-9-11-13-15-17-19-21-23-25-27-29-31-33-35-37-38-39-40-41-42-43-45-47-49-51-53-55-57-59-61-63-65-67-69-71-73-75-81(89)86-78(77-93-85-84(92)83(91)82(90)80(76-87)94-85)79(88)74-72-70-68-66-64-62-60-58-56-54-52-50-48-46-44-36-34-32-30-28-26-24-22-20-18-16-14-12-10-8-6-4-2/h15,17,21,23,72,74,78-80,82-85,87-88,90-92H,3-14,16,18-20,22,24-71,73,75-77H2,1-2H3,(H,86,89)/b17-15-,23-21-,74-72+. The van der Waals surface area contributed by atoms with Crippen molar-refractivity contribution in [2.45, 2.75) is 487 Å². The first kappa shape index (κ1) is 90.4. The van der Waals surface area contributed by atoms with Crippen molar-refractivity contribution < 1.29 is 39.8 Å². The number of amides is 1. The molecule has 1 aliphatic rings. The van der Waals surface area contributed by atoms with Gasteiger partial charge in [-0.05, 0) is 51.4 Å². The van der Waals surface area contributed by atoms with Crippen LogP contribution in [-0.2, 0) is 14.3 Å². The van der Waals surface area contributed by atoms with Crippen molar-refractivity contribution in [3.05, 3.63) is 36.5 Å². The van der Waals surface area contributed by atoms with Crippen LogP contribution >= 0.6 is 0 Å². The third-order valence-corrected chi connectivity index (χ3v) is 20.5. The van der Waals surface area contributed by atoms with Crippen molar-refractivity contribution in [1.29, 1.82) is 0 Å². The monoisotopic (exact) mass is 1330 g/mol. The van der Waals surface area contributed by atoms with E-state index in [2.05, 4.69) is 43.5 Å². The molecule has 0 aromatic carbocycles. The molecule has 1 amide bonds. The lowest BCUT2D eigenvalue weighted by atomic mass is 9.99. The van der Waals surface area contributed by atoms with Crippen LogP contribution in [0.5, 0.6) is 0 Å². The SMILES string of the molecule is CCCCCCC/C=C\C/C=C\CCCCCCCCCCCCCCCCCCCCCCCCCCCCCC(=O)NC(COC1OC(CO)C(O)C(O)C1O)C(O)/C=C/CCCCCCCCCCCCCCCCCCCCCCCCCCCCCCCC. The average molecular weight is 1330 g/mol. The minimum Gasteiger partial charge on any atom is -0.394 e. The minimum absolute atomic E-state index is 0.166. The second-order valence-corrected chi connectivity index (χ2v) is 29.6.